The summed E-state index contributed by atoms with van der Waals surface area (Å²) in [7, 11) is 0. The first-order chi connectivity index (χ1) is 7.24. The lowest BCUT2D eigenvalue weighted by Gasteiger charge is -2.13. The number of aliphatic carboxylic acids is 1. The number of ether oxygens (including phenoxy) is 1. The predicted octanol–water partition coefficient (Wildman–Crippen LogP) is 1.27. The van der Waals surface area contributed by atoms with Crippen LogP contribution in [0.15, 0.2) is 17.3 Å². The molecule has 1 atom stereocenters. The van der Waals surface area contributed by atoms with E-state index in [1.807, 2.05) is 0 Å². The van der Waals surface area contributed by atoms with Gasteiger partial charge in [0, 0.05) is 6.08 Å². The van der Waals surface area contributed by atoms with Crippen LogP contribution in [0.3, 0.4) is 0 Å². The molecule has 1 unspecified atom stereocenters. The van der Waals surface area contributed by atoms with Gasteiger partial charge in [-0.3, -0.25) is 0 Å². The van der Waals surface area contributed by atoms with Gasteiger partial charge in [-0.25, -0.2) is 4.79 Å². The second kappa shape index (κ2) is 6.19. The summed E-state index contributed by atoms with van der Waals surface area (Å²) in [5.41, 5.74) is 0. The summed E-state index contributed by atoms with van der Waals surface area (Å²) < 4.78 is 5.43. The highest BCUT2D eigenvalue weighted by Crippen LogP contribution is 2.35. The van der Waals surface area contributed by atoms with Crippen LogP contribution in [0.5, 0.6) is 0 Å². The lowest BCUT2D eigenvalue weighted by atomic mass is 10.1. The van der Waals surface area contributed by atoms with E-state index in [9.17, 15) is 4.79 Å². The Hall–Kier alpha value is -1.36. The minimum absolute atomic E-state index is 0.0404. The molecular weight excluding hydrogens is 198 g/mol. The molecule has 1 rings (SSSR count). The summed E-state index contributed by atoms with van der Waals surface area (Å²) >= 11 is 0. The van der Waals surface area contributed by atoms with Gasteiger partial charge >= 0.3 is 5.97 Å². The van der Waals surface area contributed by atoms with Crippen LogP contribution in [0.25, 0.3) is 0 Å². The molecule has 0 heterocycles. The van der Waals surface area contributed by atoms with Gasteiger partial charge in [0.1, 0.15) is 0 Å². The number of carboxylic acids is 1. The van der Waals surface area contributed by atoms with Gasteiger partial charge < -0.3 is 15.1 Å². The van der Waals surface area contributed by atoms with Crippen LogP contribution in [0.2, 0.25) is 0 Å². The second-order valence-corrected chi connectivity index (χ2v) is 3.48. The summed E-state index contributed by atoms with van der Waals surface area (Å²) in [5.74, 6) is -0.419. The van der Waals surface area contributed by atoms with E-state index in [4.69, 9.17) is 15.1 Å². The first kappa shape index (κ1) is 11.7. The maximum Gasteiger partial charge on any atom is 0.327 e. The molecule has 0 aromatic heterocycles. The number of hydrogen-bond acceptors (Lipinski definition) is 4. The van der Waals surface area contributed by atoms with E-state index < -0.39 is 5.97 Å². The fourth-order valence-corrected chi connectivity index (χ4v) is 1.37. The molecule has 1 saturated carbocycles. The van der Waals surface area contributed by atoms with E-state index in [0.29, 0.717) is 12.3 Å². The maximum absolute atomic E-state index is 10.2. The van der Waals surface area contributed by atoms with Crippen LogP contribution < -0.4 is 0 Å². The maximum atomic E-state index is 10.2. The summed E-state index contributed by atoms with van der Waals surface area (Å²) in [6.45, 7) is 0.262. The van der Waals surface area contributed by atoms with E-state index in [0.717, 1.165) is 18.9 Å². The molecule has 0 amide bonds. The molecule has 0 saturated heterocycles. The standard InChI is InChI=1S/C10H15NO4/c12-10(13)3-1-2-9(8-4-5-8)15-7-6-11-14/h1,3,6,8-9,14H,2,4-5,7H2,(H,12,13)/b3-1+,11-6+. The minimum Gasteiger partial charge on any atom is -0.478 e. The Labute approximate surface area is 88.0 Å². The number of rotatable bonds is 7. The van der Waals surface area contributed by atoms with Crippen molar-refractivity contribution in [2.45, 2.75) is 25.4 Å². The van der Waals surface area contributed by atoms with Crippen molar-refractivity contribution in [1.29, 1.82) is 0 Å². The lowest BCUT2D eigenvalue weighted by molar-refractivity contribution is -0.131. The van der Waals surface area contributed by atoms with Crippen molar-refractivity contribution < 1.29 is 19.8 Å². The first-order valence-corrected chi connectivity index (χ1v) is 4.91. The van der Waals surface area contributed by atoms with Crippen molar-refractivity contribution in [2.75, 3.05) is 6.61 Å². The van der Waals surface area contributed by atoms with Gasteiger partial charge in [0.05, 0.1) is 18.9 Å². The summed E-state index contributed by atoms with van der Waals surface area (Å²) in [6, 6.07) is 0. The Bertz CT molecular complexity index is 258. The highest BCUT2D eigenvalue weighted by Gasteiger charge is 2.30. The van der Waals surface area contributed by atoms with Crippen molar-refractivity contribution in [3.05, 3.63) is 12.2 Å². The molecule has 0 bridgehead atoms. The van der Waals surface area contributed by atoms with Crippen molar-refractivity contribution >= 4 is 12.2 Å². The van der Waals surface area contributed by atoms with Crippen LogP contribution in [0.1, 0.15) is 19.3 Å². The first-order valence-electron chi connectivity index (χ1n) is 4.91. The monoisotopic (exact) mass is 213 g/mol. The minimum atomic E-state index is -0.943. The van der Waals surface area contributed by atoms with Crippen molar-refractivity contribution in [3.8, 4) is 0 Å². The highest BCUT2D eigenvalue weighted by molar-refractivity contribution is 5.79. The Kier molecular flexibility index (Phi) is 4.83. The summed E-state index contributed by atoms with van der Waals surface area (Å²) in [4.78, 5) is 10.2. The fraction of sp³-hybridized carbons (Fsp3) is 0.600. The zero-order chi connectivity index (χ0) is 11.1. The zero-order valence-corrected chi connectivity index (χ0v) is 8.37. The fourth-order valence-electron chi connectivity index (χ4n) is 1.37. The third kappa shape index (κ3) is 5.17. The molecule has 5 nitrogen and oxygen atoms in total. The molecule has 0 radical (unpaired) electrons. The third-order valence-corrected chi connectivity index (χ3v) is 2.24. The number of carboxylic acid groups (broad SMARTS) is 1. The van der Waals surface area contributed by atoms with Gasteiger partial charge in [-0.1, -0.05) is 11.2 Å². The quantitative estimate of drug-likeness (QED) is 0.289. The van der Waals surface area contributed by atoms with Gasteiger partial charge in [0.25, 0.3) is 0 Å². The van der Waals surface area contributed by atoms with Crippen LogP contribution in [-0.2, 0) is 9.53 Å². The van der Waals surface area contributed by atoms with Crippen LogP contribution in [-0.4, -0.2) is 35.2 Å². The average Bonchev–Trinajstić information content (AvgIpc) is 2.98. The van der Waals surface area contributed by atoms with E-state index in [2.05, 4.69) is 5.16 Å². The summed E-state index contributed by atoms with van der Waals surface area (Å²) in [6.07, 6.45) is 6.88. The molecule has 1 aliphatic rings. The largest absolute Gasteiger partial charge is 0.478 e. The summed E-state index contributed by atoms with van der Waals surface area (Å²) in [5, 5.41) is 19.4. The molecule has 0 aliphatic heterocycles. The topological polar surface area (TPSA) is 79.1 Å². The second-order valence-electron chi connectivity index (χ2n) is 3.48. The molecule has 0 spiro atoms. The molecule has 1 fully saturated rings. The normalized spacial score (nSPS) is 18.7. The van der Waals surface area contributed by atoms with E-state index >= 15 is 0 Å². The van der Waals surface area contributed by atoms with Gasteiger partial charge in [-0.05, 0) is 25.2 Å². The lowest BCUT2D eigenvalue weighted by Crippen LogP contribution is -2.16. The van der Waals surface area contributed by atoms with E-state index in [1.54, 1.807) is 6.08 Å². The Balaban J connectivity index is 2.27. The molecular formula is C10H15NO4. The molecule has 0 aromatic rings. The molecule has 84 valence electrons. The SMILES string of the molecule is O=C(O)/C=C/CC(OC/C=N/O)C1CC1. The van der Waals surface area contributed by atoms with Crippen molar-refractivity contribution in [1.82, 2.24) is 0 Å². The van der Waals surface area contributed by atoms with Crippen LogP contribution in [0.4, 0.5) is 0 Å². The number of carbonyl (C=O) groups is 1. The average molecular weight is 213 g/mol. The molecule has 0 aromatic carbocycles. The van der Waals surface area contributed by atoms with Crippen LogP contribution >= 0.6 is 0 Å². The Morgan fingerprint density at radius 1 is 1.60 bits per heavy atom. The molecule has 5 heteroatoms. The van der Waals surface area contributed by atoms with Crippen LogP contribution in [0, 0.1) is 5.92 Å². The van der Waals surface area contributed by atoms with Gasteiger partial charge in [0.15, 0.2) is 0 Å². The Morgan fingerprint density at radius 2 is 2.33 bits per heavy atom. The number of nitrogens with zero attached hydrogens (tertiary/aromatic N) is 1. The third-order valence-electron chi connectivity index (χ3n) is 2.24. The molecule has 2 N–H and O–H groups in total. The highest BCUT2D eigenvalue weighted by atomic mass is 16.5. The predicted molar refractivity (Wildman–Crippen MR) is 54.1 cm³/mol. The van der Waals surface area contributed by atoms with Gasteiger partial charge in [0.2, 0.25) is 0 Å². The zero-order valence-electron chi connectivity index (χ0n) is 8.37. The van der Waals surface area contributed by atoms with Gasteiger partial charge in [-0.2, -0.15) is 0 Å². The smallest absolute Gasteiger partial charge is 0.327 e. The van der Waals surface area contributed by atoms with E-state index in [1.165, 1.54) is 6.21 Å². The molecule has 1 aliphatic carbocycles. The molecule has 15 heavy (non-hydrogen) atoms. The number of hydrogen-bond donors (Lipinski definition) is 2. The van der Waals surface area contributed by atoms with Crippen molar-refractivity contribution in [2.24, 2.45) is 11.1 Å². The Morgan fingerprint density at radius 3 is 2.87 bits per heavy atom. The van der Waals surface area contributed by atoms with E-state index in [-0.39, 0.29) is 12.7 Å². The van der Waals surface area contributed by atoms with Gasteiger partial charge in [-0.15, -0.1) is 0 Å². The van der Waals surface area contributed by atoms with Crippen molar-refractivity contribution in [3.63, 3.8) is 0 Å². The number of oxime groups is 1.